The number of rotatable bonds is 2. The van der Waals surface area contributed by atoms with Gasteiger partial charge >= 0.3 is 0 Å². The number of hydrogen-bond donors (Lipinski definition) is 0. The van der Waals surface area contributed by atoms with Crippen LogP contribution in [0.3, 0.4) is 0 Å². The summed E-state index contributed by atoms with van der Waals surface area (Å²) in [6.45, 7) is 8.68. The first-order valence-corrected chi connectivity index (χ1v) is 5.96. The van der Waals surface area contributed by atoms with Crippen molar-refractivity contribution < 1.29 is 9.53 Å². The first kappa shape index (κ1) is 11.9. The van der Waals surface area contributed by atoms with Crippen LogP contribution in [0.2, 0.25) is 0 Å². The summed E-state index contributed by atoms with van der Waals surface area (Å²) in [6, 6.07) is 0. The average molecular weight is 230 g/mol. The third-order valence-electron chi connectivity index (χ3n) is 3.58. The van der Waals surface area contributed by atoms with Gasteiger partial charge in [0.1, 0.15) is 5.75 Å². The van der Waals surface area contributed by atoms with Gasteiger partial charge in [-0.1, -0.05) is 0 Å². The molecule has 1 aliphatic heterocycles. The summed E-state index contributed by atoms with van der Waals surface area (Å²) in [5.41, 5.74) is 6.21. The van der Waals surface area contributed by atoms with E-state index in [1.807, 2.05) is 6.08 Å². The summed E-state index contributed by atoms with van der Waals surface area (Å²) in [5, 5.41) is 0. The summed E-state index contributed by atoms with van der Waals surface area (Å²) in [6.07, 6.45) is 4.47. The minimum Gasteiger partial charge on any atom is -0.492 e. The molecule has 90 valence electrons. The maximum absolute atomic E-state index is 11.1. The zero-order valence-electron chi connectivity index (χ0n) is 10.9. The molecular weight excluding hydrogens is 212 g/mol. The van der Waals surface area contributed by atoms with Gasteiger partial charge in [-0.3, -0.25) is 4.79 Å². The first-order valence-electron chi connectivity index (χ1n) is 5.96. The minimum absolute atomic E-state index is 0.0642. The number of ketones is 1. The summed E-state index contributed by atoms with van der Waals surface area (Å²) in [7, 11) is 0. The molecule has 0 saturated carbocycles. The first-order chi connectivity index (χ1) is 8.02. The molecule has 0 fully saturated rings. The highest BCUT2D eigenvalue weighted by Crippen LogP contribution is 2.37. The highest BCUT2D eigenvalue weighted by Gasteiger charge is 2.21. The summed E-state index contributed by atoms with van der Waals surface area (Å²) < 4.78 is 5.72. The van der Waals surface area contributed by atoms with Crippen LogP contribution in [0, 0.1) is 20.8 Å². The lowest BCUT2D eigenvalue weighted by Crippen LogP contribution is -1.97. The normalized spacial score (nSPS) is 13.9. The van der Waals surface area contributed by atoms with Crippen LogP contribution in [0.25, 0.3) is 6.08 Å². The lowest BCUT2D eigenvalue weighted by molar-refractivity contribution is -0.112. The van der Waals surface area contributed by atoms with E-state index >= 15 is 0 Å². The molecule has 0 bridgehead atoms. The van der Waals surface area contributed by atoms with E-state index in [1.54, 1.807) is 13.0 Å². The van der Waals surface area contributed by atoms with Crippen LogP contribution in [-0.4, -0.2) is 12.4 Å². The van der Waals surface area contributed by atoms with E-state index in [0.717, 1.165) is 24.3 Å². The Balaban J connectivity index is 2.63. The molecular formula is C15H18O2. The zero-order valence-corrected chi connectivity index (χ0v) is 10.9. The second kappa shape index (κ2) is 4.36. The van der Waals surface area contributed by atoms with Crippen LogP contribution in [0.1, 0.15) is 34.7 Å². The molecule has 1 aromatic carbocycles. The molecule has 0 radical (unpaired) electrons. The molecule has 0 aromatic heterocycles. The smallest absolute Gasteiger partial charge is 0.152 e. The molecule has 0 N–H and O–H groups in total. The Kier molecular flexibility index (Phi) is 3.05. The van der Waals surface area contributed by atoms with Crippen molar-refractivity contribution >= 4 is 11.9 Å². The van der Waals surface area contributed by atoms with Crippen molar-refractivity contribution in [2.75, 3.05) is 6.61 Å². The lowest BCUT2D eigenvalue weighted by Gasteiger charge is -2.14. The highest BCUT2D eigenvalue weighted by molar-refractivity contribution is 5.92. The van der Waals surface area contributed by atoms with Crippen molar-refractivity contribution in [3.8, 4) is 5.75 Å². The van der Waals surface area contributed by atoms with Gasteiger partial charge in [0.05, 0.1) is 6.61 Å². The Labute approximate surface area is 102 Å². The van der Waals surface area contributed by atoms with E-state index in [2.05, 4.69) is 20.8 Å². The van der Waals surface area contributed by atoms with E-state index < -0.39 is 0 Å². The van der Waals surface area contributed by atoms with Gasteiger partial charge in [0.2, 0.25) is 0 Å². The maximum Gasteiger partial charge on any atom is 0.152 e. The van der Waals surface area contributed by atoms with E-state index in [-0.39, 0.29) is 5.78 Å². The highest BCUT2D eigenvalue weighted by atomic mass is 16.5. The van der Waals surface area contributed by atoms with Crippen LogP contribution in [0.15, 0.2) is 6.08 Å². The summed E-state index contributed by atoms with van der Waals surface area (Å²) >= 11 is 0. The molecule has 0 atom stereocenters. The Morgan fingerprint density at radius 1 is 1.18 bits per heavy atom. The maximum atomic E-state index is 11.1. The summed E-state index contributed by atoms with van der Waals surface area (Å²) in [4.78, 5) is 11.1. The lowest BCUT2D eigenvalue weighted by atomic mass is 9.92. The van der Waals surface area contributed by atoms with E-state index in [0.29, 0.717) is 0 Å². The fourth-order valence-corrected chi connectivity index (χ4v) is 2.34. The fraction of sp³-hybridized carbons (Fsp3) is 0.400. The van der Waals surface area contributed by atoms with E-state index in [1.165, 1.54) is 22.3 Å². The Morgan fingerprint density at radius 3 is 2.53 bits per heavy atom. The number of fused-ring (bicyclic) bond motifs is 1. The predicted molar refractivity (Wildman–Crippen MR) is 69.6 cm³/mol. The molecule has 2 rings (SSSR count). The van der Waals surface area contributed by atoms with Crippen molar-refractivity contribution in [3.05, 3.63) is 33.9 Å². The molecule has 2 nitrogen and oxygen atoms in total. The van der Waals surface area contributed by atoms with Crippen molar-refractivity contribution in [1.82, 2.24) is 0 Å². The molecule has 2 heteroatoms. The van der Waals surface area contributed by atoms with Crippen molar-refractivity contribution in [1.29, 1.82) is 0 Å². The van der Waals surface area contributed by atoms with Gasteiger partial charge in [0.15, 0.2) is 5.78 Å². The predicted octanol–water partition coefficient (Wildman–Crippen LogP) is 3.15. The Morgan fingerprint density at radius 2 is 1.88 bits per heavy atom. The number of carbonyl (C=O) groups is 1. The van der Waals surface area contributed by atoms with Gasteiger partial charge in [-0.15, -0.1) is 0 Å². The Hall–Kier alpha value is -1.57. The van der Waals surface area contributed by atoms with Crippen LogP contribution >= 0.6 is 0 Å². The van der Waals surface area contributed by atoms with Gasteiger partial charge < -0.3 is 4.74 Å². The topological polar surface area (TPSA) is 26.3 Å². The molecule has 0 unspecified atom stereocenters. The second-order valence-corrected chi connectivity index (χ2v) is 4.64. The van der Waals surface area contributed by atoms with Crippen LogP contribution in [0.4, 0.5) is 0 Å². The fourth-order valence-electron chi connectivity index (χ4n) is 2.34. The number of carbonyl (C=O) groups excluding carboxylic acids is 1. The van der Waals surface area contributed by atoms with E-state index in [4.69, 9.17) is 4.74 Å². The van der Waals surface area contributed by atoms with Crippen LogP contribution in [-0.2, 0) is 11.2 Å². The van der Waals surface area contributed by atoms with E-state index in [9.17, 15) is 4.79 Å². The van der Waals surface area contributed by atoms with Crippen molar-refractivity contribution in [2.24, 2.45) is 0 Å². The monoisotopic (exact) mass is 230 g/mol. The molecule has 0 saturated heterocycles. The number of hydrogen-bond acceptors (Lipinski definition) is 2. The largest absolute Gasteiger partial charge is 0.492 e. The molecule has 17 heavy (non-hydrogen) atoms. The molecule has 0 spiro atoms. The molecule has 1 aliphatic rings. The molecule has 1 heterocycles. The zero-order chi connectivity index (χ0) is 12.6. The quantitative estimate of drug-likeness (QED) is 0.729. The van der Waals surface area contributed by atoms with Crippen molar-refractivity contribution in [3.63, 3.8) is 0 Å². The molecule has 0 aliphatic carbocycles. The number of allylic oxidation sites excluding steroid dienone is 1. The Bertz CT molecular complexity index is 510. The average Bonchev–Trinajstić information content (AvgIpc) is 2.74. The second-order valence-electron chi connectivity index (χ2n) is 4.64. The van der Waals surface area contributed by atoms with Gasteiger partial charge in [0, 0.05) is 17.5 Å². The van der Waals surface area contributed by atoms with Gasteiger partial charge in [-0.2, -0.15) is 0 Å². The SMILES string of the molecule is CC(=O)C=Cc1c(C)c(C)c(C)c2c1OCC2. The van der Waals surface area contributed by atoms with Crippen LogP contribution < -0.4 is 4.74 Å². The van der Waals surface area contributed by atoms with Gasteiger partial charge in [-0.25, -0.2) is 0 Å². The third kappa shape index (κ3) is 1.99. The standard InChI is InChI=1S/C15H18O2/c1-9(16)5-6-13-11(3)10(2)12(4)14-7-8-17-15(13)14/h5-6H,7-8H2,1-4H3. The van der Waals surface area contributed by atoms with Crippen molar-refractivity contribution in [2.45, 2.75) is 34.1 Å². The van der Waals surface area contributed by atoms with Gasteiger partial charge in [-0.05, 0) is 56.5 Å². The molecule has 0 amide bonds. The summed E-state index contributed by atoms with van der Waals surface area (Å²) in [5.74, 6) is 1.04. The third-order valence-corrected chi connectivity index (χ3v) is 3.58. The minimum atomic E-state index is 0.0642. The molecule has 1 aromatic rings. The van der Waals surface area contributed by atoms with Gasteiger partial charge in [0.25, 0.3) is 0 Å². The number of ether oxygens (including phenoxy) is 1. The van der Waals surface area contributed by atoms with Crippen LogP contribution in [0.5, 0.6) is 5.75 Å². The number of benzene rings is 1.